The number of rotatable bonds is 6. The topological polar surface area (TPSA) is 80.5 Å². The quantitative estimate of drug-likeness (QED) is 0.839. The Kier molecular flexibility index (Phi) is 4.46. The molecule has 0 atom stereocenters. The number of aromatic nitrogens is 5. The molecule has 96 valence electrons. The summed E-state index contributed by atoms with van der Waals surface area (Å²) in [6.07, 6.45) is 5.20. The molecule has 0 fully saturated rings. The molecule has 0 saturated heterocycles. The number of nitrogens with one attached hydrogen (secondary N) is 2. The lowest BCUT2D eigenvalue weighted by Crippen LogP contribution is -2.13. The zero-order chi connectivity index (χ0) is 12.8. The summed E-state index contributed by atoms with van der Waals surface area (Å²) in [5.74, 6) is 1.38. The van der Waals surface area contributed by atoms with Crippen molar-refractivity contribution in [3.63, 3.8) is 0 Å². The van der Waals surface area contributed by atoms with E-state index in [1.54, 1.807) is 17.1 Å². The van der Waals surface area contributed by atoms with Crippen LogP contribution in [0.25, 0.3) is 0 Å². The average molecular weight is 312 g/mol. The normalized spacial score (nSPS) is 10.3. The Bertz CT molecular complexity index is 485. The molecule has 2 rings (SSSR count). The van der Waals surface area contributed by atoms with E-state index in [0.29, 0.717) is 12.5 Å². The Morgan fingerprint density at radius 2 is 2.28 bits per heavy atom. The molecule has 0 aromatic carbocycles. The first-order valence-electron chi connectivity index (χ1n) is 5.64. The highest BCUT2D eigenvalue weighted by atomic mass is 79.9. The first-order chi connectivity index (χ1) is 8.79. The molecule has 2 N–H and O–H groups in total. The summed E-state index contributed by atoms with van der Waals surface area (Å²) >= 11 is 3.41. The van der Waals surface area contributed by atoms with E-state index in [-0.39, 0.29) is 0 Å². The molecule has 0 aliphatic carbocycles. The van der Waals surface area contributed by atoms with Gasteiger partial charge in [0, 0.05) is 25.5 Å². The number of anilines is 2. The summed E-state index contributed by atoms with van der Waals surface area (Å²) in [7, 11) is 0. The lowest BCUT2D eigenvalue weighted by atomic mass is 10.5. The standard InChI is InChI=1S/C10H14BrN7/c1-2-12-10-14-7-8(11)9(16-10)13-3-5-18-6-4-15-17-18/h4,6-7H,2-3,5H2,1H3,(H2,12,13,14,16). The van der Waals surface area contributed by atoms with Crippen molar-refractivity contribution in [3.8, 4) is 0 Å². The fraction of sp³-hybridized carbons (Fsp3) is 0.400. The first kappa shape index (κ1) is 12.7. The van der Waals surface area contributed by atoms with Crippen LogP contribution in [0.1, 0.15) is 6.92 Å². The third kappa shape index (κ3) is 3.39. The third-order valence-corrected chi connectivity index (χ3v) is 2.76. The van der Waals surface area contributed by atoms with Crippen LogP contribution in [0.2, 0.25) is 0 Å². The average Bonchev–Trinajstić information content (AvgIpc) is 2.86. The molecule has 2 aromatic rings. The number of hydrogen-bond donors (Lipinski definition) is 2. The maximum atomic E-state index is 4.36. The fourth-order valence-electron chi connectivity index (χ4n) is 1.38. The van der Waals surface area contributed by atoms with Crippen molar-refractivity contribution in [2.45, 2.75) is 13.5 Å². The first-order valence-corrected chi connectivity index (χ1v) is 6.43. The van der Waals surface area contributed by atoms with Crippen LogP contribution in [0.4, 0.5) is 11.8 Å². The van der Waals surface area contributed by atoms with Crippen LogP contribution in [0.15, 0.2) is 23.1 Å². The van der Waals surface area contributed by atoms with Gasteiger partial charge in [0.25, 0.3) is 0 Å². The number of hydrogen-bond acceptors (Lipinski definition) is 6. The third-order valence-electron chi connectivity index (χ3n) is 2.18. The Balaban J connectivity index is 1.93. The van der Waals surface area contributed by atoms with Gasteiger partial charge in [-0.15, -0.1) is 5.10 Å². The van der Waals surface area contributed by atoms with Crippen LogP contribution in [0, 0.1) is 0 Å². The SMILES string of the molecule is CCNc1ncc(Br)c(NCCn2ccnn2)n1. The van der Waals surface area contributed by atoms with E-state index in [1.807, 2.05) is 13.1 Å². The van der Waals surface area contributed by atoms with E-state index in [0.717, 1.165) is 23.4 Å². The zero-order valence-corrected chi connectivity index (χ0v) is 11.6. The zero-order valence-electron chi connectivity index (χ0n) is 9.97. The molecule has 0 spiro atoms. The van der Waals surface area contributed by atoms with Gasteiger partial charge in [-0.25, -0.2) is 4.98 Å². The van der Waals surface area contributed by atoms with E-state index < -0.39 is 0 Å². The molecule has 0 aliphatic rings. The maximum Gasteiger partial charge on any atom is 0.224 e. The highest BCUT2D eigenvalue weighted by Gasteiger charge is 2.04. The van der Waals surface area contributed by atoms with Crippen molar-refractivity contribution >= 4 is 27.7 Å². The van der Waals surface area contributed by atoms with Crippen LogP contribution < -0.4 is 10.6 Å². The van der Waals surface area contributed by atoms with E-state index in [1.165, 1.54) is 0 Å². The second-order valence-electron chi connectivity index (χ2n) is 3.51. The summed E-state index contributed by atoms with van der Waals surface area (Å²) in [4.78, 5) is 8.51. The van der Waals surface area contributed by atoms with Gasteiger partial charge in [-0.05, 0) is 22.9 Å². The highest BCUT2D eigenvalue weighted by Crippen LogP contribution is 2.19. The van der Waals surface area contributed by atoms with Gasteiger partial charge in [0.15, 0.2) is 0 Å². The molecule has 8 heteroatoms. The maximum absolute atomic E-state index is 4.36. The number of nitrogens with zero attached hydrogens (tertiary/aromatic N) is 5. The van der Waals surface area contributed by atoms with E-state index >= 15 is 0 Å². The molecular weight excluding hydrogens is 298 g/mol. The van der Waals surface area contributed by atoms with Gasteiger partial charge in [-0.2, -0.15) is 4.98 Å². The Labute approximate surface area is 113 Å². The van der Waals surface area contributed by atoms with Crippen LogP contribution in [-0.2, 0) is 6.54 Å². The van der Waals surface area contributed by atoms with E-state index in [4.69, 9.17) is 0 Å². The molecule has 0 aliphatic heterocycles. The summed E-state index contributed by atoms with van der Waals surface area (Å²) in [6, 6.07) is 0. The van der Waals surface area contributed by atoms with Crippen molar-refractivity contribution < 1.29 is 0 Å². The van der Waals surface area contributed by atoms with Gasteiger partial charge in [0.1, 0.15) is 5.82 Å². The van der Waals surface area contributed by atoms with Gasteiger partial charge < -0.3 is 10.6 Å². The molecular formula is C10H14BrN7. The van der Waals surface area contributed by atoms with Crippen molar-refractivity contribution in [2.24, 2.45) is 0 Å². The van der Waals surface area contributed by atoms with Gasteiger partial charge in [0.2, 0.25) is 5.95 Å². The largest absolute Gasteiger partial charge is 0.367 e. The summed E-state index contributed by atoms with van der Waals surface area (Å²) < 4.78 is 2.59. The minimum absolute atomic E-state index is 0.615. The highest BCUT2D eigenvalue weighted by molar-refractivity contribution is 9.10. The Morgan fingerprint density at radius 3 is 3.00 bits per heavy atom. The minimum atomic E-state index is 0.615. The fourth-order valence-corrected chi connectivity index (χ4v) is 1.71. The van der Waals surface area contributed by atoms with Crippen molar-refractivity contribution in [2.75, 3.05) is 23.7 Å². The molecule has 2 heterocycles. The lowest BCUT2D eigenvalue weighted by molar-refractivity contribution is 0.608. The Hall–Kier alpha value is -1.70. The molecule has 0 bridgehead atoms. The minimum Gasteiger partial charge on any atom is -0.367 e. The van der Waals surface area contributed by atoms with Gasteiger partial charge >= 0.3 is 0 Å². The van der Waals surface area contributed by atoms with Crippen molar-refractivity contribution in [1.29, 1.82) is 0 Å². The van der Waals surface area contributed by atoms with Crippen molar-refractivity contribution in [1.82, 2.24) is 25.0 Å². The molecule has 0 amide bonds. The monoisotopic (exact) mass is 311 g/mol. The Morgan fingerprint density at radius 1 is 1.39 bits per heavy atom. The smallest absolute Gasteiger partial charge is 0.224 e. The summed E-state index contributed by atoms with van der Waals surface area (Å²) in [5, 5.41) is 13.9. The molecule has 7 nitrogen and oxygen atoms in total. The van der Waals surface area contributed by atoms with E-state index in [2.05, 4.69) is 46.8 Å². The van der Waals surface area contributed by atoms with Gasteiger partial charge in [-0.3, -0.25) is 4.68 Å². The van der Waals surface area contributed by atoms with Gasteiger partial charge in [0.05, 0.1) is 17.2 Å². The predicted molar refractivity (Wildman–Crippen MR) is 72.4 cm³/mol. The van der Waals surface area contributed by atoms with Crippen LogP contribution in [0.3, 0.4) is 0 Å². The number of halogens is 1. The van der Waals surface area contributed by atoms with Crippen LogP contribution in [-0.4, -0.2) is 38.1 Å². The molecule has 18 heavy (non-hydrogen) atoms. The van der Waals surface area contributed by atoms with Crippen molar-refractivity contribution in [3.05, 3.63) is 23.1 Å². The molecule has 0 unspecified atom stereocenters. The van der Waals surface area contributed by atoms with Crippen LogP contribution >= 0.6 is 15.9 Å². The lowest BCUT2D eigenvalue weighted by Gasteiger charge is -2.09. The summed E-state index contributed by atoms with van der Waals surface area (Å²) in [6.45, 7) is 4.24. The second kappa shape index (κ2) is 6.29. The predicted octanol–water partition coefficient (Wildman–Crippen LogP) is 1.37. The van der Waals surface area contributed by atoms with Crippen LogP contribution in [0.5, 0.6) is 0 Å². The second-order valence-corrected chi connectivity index (χ2v) is 4.37. The van der Waals surface area contributed by atoms with E-state index in [9.17, 15) is 0 Å². The summed E-state index contributed by atoms with van der Waals surface area (Å²) in [5.41, 5.74) is 0. The van der Waals surface area contributed by atoms with Gasteiger partial charge in [-0.1, -0.05) is 5.21 Å². The molecule has 0 radical (unpaired) electrons. The molecule has 0 saturated carbocycles. The molecule has 2 aromatic heterocycles.